The second kappa shape index (κ2) is 12.2. The Kier molecular flexibility index (Phi) is 8.36. The standard InChI is InChI=1S/C31H39ClN8O4/c1-17(2)43-31(42)38-14-19(4)40(20(5)15-38)29-35-24-11-25(28-36-30(41)44-37-28)34-26(22-10-23(32)13-33-12-22)27(24)39(29)16-21-8-6-18(3)7-9-21/h10-13,17-21H,6-9,14-16H2,1-5H3,(H,36,37,41)/t18?,19-,20-,21?/m1/s1. The molecule has 0 radical (unpaired) electrons. The zero-order valence-electron chi connectivity index (χ0n) is 25.8. The van der Waals surface area contributed by atoms with Gasteiger partial charge in [0.15, 0.2) is 0 Å². The molecule has 13 heteroatoms. The molecular formula is C31H39ClN8O4. The molecule has 1 saturated carbocycles. The maximum atomic E-state index is 12.8. The number of halogens is 1. The van der Waals surface area contributed by atoms with Gasteiger partial charge < -0.3 is 19.1 Å². The third-order valence-electron chi connectivity index (χ3n) is 8.69. The van der Waals surface area contributed by atoms with Crippen molar-refractivity contribution in [3.63, 3.8) is 0 Å². The lowest BCUT2D eigenvalue weighted by molar-refractivity contribution is 0.0668. The maximum Gasteiger partial charge on any atom is 0.439 e. The van der Waals surface area contributed by atoms with Crippen LogP contribution in [0.4, 0.5) is 10.7 Å². The number of carbonyl (C=O) groups is 1. The Balaban J connectivity index is 1.51. The predicted molar refractivity (Wildman–Crippen MR) is 168 cm³/mol. The summed E-state index contributed by atoms with van der Waals surface area (Å²) in [6, 6.07) is 3.60. The van der Waals surface area contributed by atoms with E-state index >= 15 is 0 Å². The van der Waals surface area contributed by atoms with Gasteiger partial charge in [0.05, 0.1) is 27.9 Å². The number of ether oxygens (including phenoxy) is 1. The number of piperazine rings is 1. The second-order valence-electron chi connectivity index (χ2n) is 12.7. The highest BCUT2D eigenvalue weighted by Gasteiger charge is 2.37. The van der Waals surface area contributed by atoms with Crippen LogP contribution in [-0.4, -0.2) is 71.9 Å². The molecule has 0 spiro atoms. The van der Waals surface area contributed by atoms with Gasteiger partial charge in [0, 0.05) is 49.7 Å². The number of carbonyl (C=O) groups excluding carboxylic acids is 1. The van der Waals surface area contributed by atoms with E-state index in [4.69, 9.17) is 30.8 Å². The van der Waals surface area contributed by atoms with Gasteiger partial charge in [0.25, 0.3) is 0 Å². The largest absolute Gasteiger partial charge is 0.447 e. The fraction of sp³-hybridized carbons (Fsp3) is 0.548. The first-order valence-corrected chi connectivity index (χ1v) is 15.8. The van der Waals surface area contributed by atoms with Crippen molar-refractivity contribution in [1.29, 1.82) is 0 Å². The molecule has 1 aliphatic carbocycles. The number of aromatic amines is 1. The van der Waals surface area contributed by atoms with Crippen molar-refractivity contribution in [3.05, 3.63) is 40.1 Å². The van der Waals surface area contributed by atoms with Gasteiger partial charge in [0.1, 0.15) is 5.69 Å². The number of rotatable bonds is 6. The molecule has 0 unspecified atom stereocenters. The van der Waals surface area contributed by atoms with Crippen LogP contribution in [0.5, 0.6) is 0 Å². The average Bonchev–Trinajstić information content (AvgIpc) is 3.56. The van der Waals surface area contributed by atoms with Crippen LogP contribution in [0, 0.1) is 11.8 Å². The van der Waals surface area contributed by atoms with Crippen LogP contribution in [0.1, 0.15) is 60.3 Å². The lowest BCUT2D eigenvalue weighted by atomic mass is 9.83. The van der Waals surface area contributed by atoms with E-state index in [2.05, 4.69) is 45.4 Å². The van der Waals surface area contributed by atoms with Crippen molar-refractivity contribution >= 4 is 34.7 Å². The summed E-state index contributed by atoms with van der Waals surface area (Å²) in [6.07, 6.45) is 7.50. The van der Waals surface area contributed by atoms with Gasteiger partial charge in [-0.25, -0.2) is 19.6 Å². The fourth-order valence-electron chi connectivity index (χ4n) is 6.63. The first-order valence-electron chi connectivity index (χ1n) is 15.4. The van der Waals surface area contributed by atoms with Gasteiger partial charge in [-0.1, -0.05) is 36.5 Å². The summed E-state index contributed by atoms with van der Waals surface area (Å²) in [6.45, 7) is 12.1. The van der Waals surface area contributed by atoms with Crippen molar-refractivity contribution in [2.75, 3.05) is 18.0 Å². The minimum atomic E-state index is -0.665. The van der Waals surface area contributed by atoms with Gasteiger partial charge in [-0.3, -0.25) is 14.5 Å². The minimum absolute atomic E-state index is 0.0315. The van der Waals surface area contributed by atoms with E-state index in [1.54, 1.807) is 17.3 Å². The molecule has 1 saturated heterocycles. The molecule has 4 aromatic heterocycles. The van der Waals surface area contributed by atoms with Gasteiger partial charge in [-0.05, 0) is 64.5 Å². The highest BCUT2D eigenvalue weighted by Crippen LogP contribution is 2.38. The zero-order chi connectivity index (χ0) is 31.1. The summed E-state index contributed by atoms with van der Waals surface area (Å²) in [5, 5.41) is 4.38. The lowest BCUT2D eigenvalue weighted by Gasteiger charge is -2.44. The third kappa shape index (κ3) is 6.04. The van der Waals surface area contributed by atoms with Crippen molar-refractivity contribution < 1.29 is 14.1 Å². The molecule has 2 aliphatic rings. The summed E-state index contributed by atoms with van der Waals surface area (Å²) in [7, 11) is 0. The molecule has 12 nitrogen and oxygen atoms in total. The summed E-state index contributed by atoms with van der Waals surface area (Å²) in [5.41, 5.74) is 3.34. The smallest absolute Gasteiger partial charge is 0.439 e. The highest BCUT2D eigenvalue weighted by molar-refractivity contribution is 6.30. The highest BCUT2D eigenvalue weighted by atomic mass is 35.5. The minimum Gasteiger partial charge on any atom is -0.447 e. The molecule has 0 bridgehead atoms. The van der Waals surface area contributed by atoms with E-state index in [0.29, 0.717) is 40.9 Å². The SMILES string of the molecule is CC1CCC(Cn2c(N3[C@H](C)CN(C(=O)OC(C)C)C[C@H]3C)nc3cc(-c4noc(=O)[nH]4)nc(-c4cncc(Cl)c4)c32)CC1. The van der Waals surface area contributed by atoms with Crippen LogP contribution in [-0.2, 0) is 11.3 Å². The number of imidazole rings is 1. The van der Waals surface area contributed by atoms with E-state index < -0.39 is 5.76 Å². The summed E-state index contributed by atoms with van der Waals surface area (Å²) in [5.74, 6) is 1.57. The normalized spacial score (nSPS) is 22.6. The number of H-pyrrole nitrogens is 1. The van der Waals surface area contributed by atoms with E-state index in [9.17, 15) is 9.59 Å². The monoisotopic (exact) mass is 622 g/mol. The van der Waals surface area contributed by atoms with Gasteiger partial charge in [-0.15, -0.1) is 0 Å². The molecular weight excluding hydrogens is 584 g/mol. The molecule has 0 aromatic carbocycles. The number of pyridine rings is 2. The van der Waals surface area contributed by atoms with E-state index in [0.717, 1.165) is 42.3 Å². The number of nitrogens with one attached hydrogen (secondary N) is 1. The van der Waals surface area contributed by atoms with Crippen LogP contribution in [0.2, 0.25) is 5.02 Å². The van der Waals surface area contributed by atoms with Crippen LogP contribution >= 0.6 is 11.6 Å². The van der Waals surface area contributed by atoms with Crippen molar-refractivity contribution in [2.24, 2.45) is 11.8 Å². The molecule has 2 fully saturated rings. The zero-order valence-corrected chi connectivity index (χ0v) is 26.5. The number of aromatic nitrogens is 6. The molecule has 234 valence electrons. The number of nitrogens with zero attached hydrogens (tertiary/aromatic N) is 7. The topological polar surface area (TPSA) is 135 Å². The summed E-state index contributed by atoms with van der Waals surface area (Å²) < 4.78 is 12.6. The molecule has 1 N–H and O–H groups in total. The van der Waals surface area contributed by atoms with Gasteiger partial charge in [0.2, 0.25) is 11.8 Å². The maximum absolute atomic E-state index is 12.8. The predicted octanol–water partition coefficient (Wildman–Crippen LogP) is 5.76. The quantitative estimate of drug-likeness (QED) is 0.285. The Bertz CT molecular complexity index is 1690. The van der Waals surface area contributed by atoms with Crippen LogP contribution in [0.3, 0.4) is 0 Å². The van der Waals surface area contributed by atoms with E-state index in [-0.39, 0.29) is 30.1 Å². The average molecular weight is 623 g/mol. The molecule has 1 amide bonds. The second-order valence-corrected chi connectivity index (χ2v) is 13.1. The van der Waals surface area contributed by atoms with Crippen molar-refractivity contribution in [1.82, 2.24) is 34.6 Å². The summed E-state index contributed by atoms with van der Waals surface area (Å²) in [4.78, 5) is 46.0. The van der Waals surface area contributed by atoms with Gasteiger partial charge >= 0.3 is 11.8 Å². The number of amides is 1. The molecule has 1 aliphatic heterocycles. The fourth-order valence-corrected chi connectivity index (χ4v) is 6.80. The number of hydrogen-bond acceptors (Lipinski definition) is 9. The molecule has 5 heterocycles. The Morgan fingerprint density at radius 1 is 1.09 bits per heavy atom. The summed E-state index contributed by atoms with van der Waals surface area (Å²) >= 11 is 6.41. The molecule has 2 atom stereocenters. The van der Waals surface area contributed by atoms with Crippen LogP contribution in [0.15, 0.2) is 33.8 Å². The Morgan fingerprint density at radius 2 is 1.82 bits per heavy atom. The molecule has 4 aromatic rings. The Hall–Kier alpha value is -3.93. The van der Waals surface area contributed by atoms with E-state index in [1.165, 1.54) is 12.8 Å². The first kappa shape index (κ1) is 30.1. The molecule has 6 rings (SSSR count). The van der Waals surface area contributed by atoms with Gasteiger partial charge in [-0.2, -0.15) is 0 Å². The number of anilines is 1. The van der Waals surface area contributed by atoms with E-state index in [1.807, 2.05) is 26.0 Å². The number of fused-ring (bicyclic) bond motifs is 1. The Morgan fingerprint density at radius 3 is 2.45 bits per heavy atom. The Labute approximate surface area is 260 Å². The molecule has 44 heavy (non-hydrogen) atoms. The van der Waals surface area contributed by atoms with Crippen molar-refractivity contribution in [3.8, 4) is 22.8 Å². The van der Waals surface area contributed by atoms with Crippen LogP contribution in [0.25, 0.3) is 33.8 Å². The third-order valence-corrected chi connectivity index (χ3v) is 8.89. The first-order chi connectivity index (χ1) is 21.1. The van der Waals surface area contributed by atoms with Crippen molar-refractivity contribution in [2.45, 2.75) is 85.0 Å². The lowest BCUT2D eigenvalue weighted by Crippen LogP contribution is -2.59. The van der Waals surface area contributed by atoms with Crippen LogP contribution < -0.4 is 10.7 Å². The number of hydrogen-bond donors (Lipinski definition) is 1.